The van der Waals surface area contributed by atoms with Crippen LogP contribution in [0, 0.1) is 13.8 Å². The third kappa shape index (κ3) is 2.30. The average molecular weight is 274 g/mol. The van der Waals surface area contributed by atoms with E-state index in [1.54, 1.807) is 18.7 Å². The molecule has 4 heteroatoms. The van der Waals surface area contributed by atoms with Gasteiger partial charge in [-0.2, -0.15) is 0 Å². The Morgan fingerprint density at radius 1 is 1.25 bits per heavy atom. The average Bonchev–Trinajstić information content (AvgIpc) is 2.36. The quantitative estimate of drug-likeness (QED) is 0.899. The van der Waals surface area contributed by atoms with Crippen LogP contribution in [-0.2, 0) is 9.59 Å². The molecule has 4 nitrogen and oxygen atoms in total. The summed E-state index contributed by atoms with van der Waals surface area (Å²) in [6.45, 7) is 9.38. The second kappa shape index (κ2) is 4.93. The summed E-state index contributed by atoms with van der Waals surface area (Å²) in [7, 11) is 0. The van der Waals surface area contributed by atoms with Gasteiger partial charge in [-0.05, 0) is 51.3 Å². The second-order valence-electron chi connectivity index (χ2n) is 6.00. The largest absolute Gasteiger partial charge is 0.340 e. The molecule has 1 aliphatic rings. The molecule has 0 spiro atoms. The molecule has 0 aromatic heterocycles. The molecule has 1 aromatic carbocycles. The lowest BCUT2D eigenvalue weighted by Gasteiger charge is -2.43. The molecule has 0 bridgehead atoms. The number of aryl methyl sites for hydroxylation is 2. The minimum absolute atomic E-state index is 0.0577. The van der Waals surface area contributed by atoms with Gasteiger partial charge in [-0.3, -0.25) is 14.5 Å². The Labute approximate surface area is 120 Å². The smallest absolute Gasteiger partial charge is 0.252 e. The minimum atomic E-state index is -0.862. The standard InChI is InChI=1S/C16H22N2O2/c1-6-12-14(19)17-16(4,5)15(20)18(12)13-9-10(2)7-8-11(13)3/h7-9,12H,6H2,1-5H3,(H,17,19). The van der Waals surface area contributed by atoms with E-state index in [0.717, 1.165) is 16.8 Å². The van der Waals surface area contributed by atoms with E-state index in [9.17, 15) is 9.59 Å². The number of hydrogen-bond acceptors (Lipinski definition) is 2. The van der Waals surface area contributed by atoms with Crippen LogP contribution in [0.1, 0.15) is 38.3 Å². The summed E-state index contributed by atoms with van der Waals surface area (Å²) in [6.07, 6.45) is 0.598. The summed E-state index contributed by atoms with van der Waals surface area (Å²) in [5, 5.41) is 2.81. The van der Waals surface area contributed by atoms with Gasteiger partial charge in [-0.1, -0.05) is 19.1 Å². The monoisotopic (exact) mass is 274 g/mol. The Balaban J connectivity index is 2.57. The zero-order valence-electron chi connectivity index (χ0n) is 12.8. The summed E-state index contributed by atoms with van der Waals surface area (Å²) in [4.78, 5) is 26.7. The van der Waals surface area contributed by atoms with Crippen LogP contribution in [0.3, 0.4) is 0 Å². The predicted molar refractivity (Wildman–Crippen MR) is 79.7 cm³/mol. The lowest BCUT2D eigenvalue weighted by atomic mass is 9.94. The number of benzene rings is 1. The molecule has 2 amide bonds. The van der Waals surface area contributed by atoms with Crippen LogP contribution < -0.4 is 10.2 Å². The maximum Gasteiger partial charge on any atom is 0.252 e. The molecule has 108 valence electrons. The van der Waals surface area contributed by atoms with Crippen LogP contribution in [0.4, 0.5) is 5.69 Å². The van der Waals surface area contributed by atoms with E-state index in [-0.39, 0.29) is 11.8 Å². The molecule has 0 radical (unpaired) electrons. The number of amides is 2. The zero-order chi connectivity index (χ0) is 15.1. The van der Waals surface area contributed by atoms with Crippen molar-refractivity contribution >= 4 is 17.5 Å². The topological polar surface area (TPSA) is 49.4 Å². The Morgan fingerprint density at radius 2 is 1.90 bits per heavy atom. The van der Waals surface area contributed by atoms with Crippen molar-refractivity contribution in [3.8, 4) is 0 Å². The Kier molecular flexibility index (Phi) is 3.59. The highest BCUT2D eigenvalue weighted by Gasteiger charge is 2.45. The normalized spacial score (nSPS) is 21.9. The fraction of sp³-hybridized carbons (Fsp3) is 0.500. The van der Waals surface area contributed by atoms with Gasteiger partial charge in [0.05, 0.1) is 0 Å². The number of carbonyl (C=O) groups excluding carboxylic acids is 2. The van der Waals surface area contributed by atoms with Crippen molar-refractivity contribution in [2.45, 2.75) is 52.6 Å². The van der Waals surface area contributed by atoms with Crippen molar-refractivity contribution in [1.82, 2.24) is 5.32 Å². The molecule has 1 atom stereocenters. The molecule has 1 aliphatic heterocycles. The van der Waals surface area contributed by atoms with E-state index in [1.165, 1.54) is 0 Å². The molecule has 1 unspecified atom stereocenters. The Hall–Kier alpha value is -1.84. The van der Waals surface area contributed by atoms with Gasteiger partial charge < -0.3 is 5.32 Å². The maximum absolute atomic E-state index is 12.7. The minimum Gasteiger partial charge on any atom is -0.340 e. The zero-order valence-corrected chi connectivity index (χ0v) is 12.8. The van der Waals surface area contributed by atoms with Crippen LogP contribution in [-0.4, -0.2) is 23.4 Å². The predicted octanol–water partition coefficient (Wildman–Crippen LogP) is 2.32. The molecular weight excluding hydrogens is 252 g/mol. The van der Waals surface area contributed by atoms with Crippen molar-refractivity contribution in [2.24, 2.45) is 0 Å². The van der Waals surface area contributed by atoms with E-state index in [1.807, 2.05) is 39.0 Å². The fourth-order valence-corrected chi connectivity index (χ4v) is 2.63. The van der Waals surface area contributed by atoms with Gasteiger partial charge in [0.2, 0.25) is 5.91 Å². The lowest BCUT2D eigenvalue weighted by Crippen LogP contribution is -2.68. The summed E-state index contributed by atoms with van der Waals surface area (Å²) in [5.74, 6) is -0.143. The van der Waals surface area contributed by atoms with Gasteiger partial charge in [-0.15, -0.1) is 0 Å². The van der Waals surface area contributed by atoms with E-state index in [0.29, 0.717) is 6.42 Å². The number of nitrogens with zero attached hydrogens (tertiary/aromatic N) is 1. The Morgan fingerprint density at radius 3 is 2.50 bits per heavy atom. The van der Waals surface area contributed by atoms with Crippen LogP contribution in [0.25, 0.3) is 0 Å². The highest BCUT2D eigenvalue weighted by atomic mass is 16.2. The molecule has 0 saturated carbocycles. The molecule has 1 aromatic rings. The number of nitrogens with one attached hydrogen (secondary N) is 1. The SMILES string of the molecule is CCC1C(=O)NC(C)(C)C(=O)N1c1cc(C)ccc1C. The lowest BCUT2D eigenvalue weighted by molar-refractivity contribution is -0.137. The third-order valence-corrected chi connectivity index (χ3v) is 3.81. The molecule has 1 heterocycles. The number of carbonyl (C=O) groups is 2. The summed E-state index contributed by atoms with van der Waals surface area (Å²) in [5.41, 5.74) is 2.06. The summed E-state index contributed by atoms with van der Waals surface area (Å²) >= 11 is 0. The van der Waals surface area contributed by atoms with Gasteiger partial charge in [0.1, 0.15) is 11.6 Å². The molecular formula is C16H22N2O2. The second-order valence-corrected chi connectivity index (χ2v) is 6.00. The molecule has 2 rings (SSSR count). The maximum atomic E-state index is 12.7. The van der Waals surface area contributed by atoms with Crippen LogP contribution in [0.2, 0.25) is 0 Å². The molecule has 1 saturated heterocycles. The highest BCUT2D eigenvalue weighted by Crippen LogP contribution is 2.30. The number of anilines is 1. The number of hydrogen-bond donors (Lipinski definition) is 1. The van der Waals surface area contributed by atoms with E-state index in [2.05, 4.69) is 5.32 Å². The molecule has 1 fully saturated rings. The first-order valence-electron chi connectivity index (χ1n) is 7.01. The fourth-order valence-electron chi connectivity index (χ4n) is 2.63. The third-order valence-electron chi connectivity index (χ3n) is 3.81. The number of rotatable bonds is 2. The van der Waals surface area contributed by atoms with Gasteiger partial charge in [-0.25, -0.2) is 0 Å². The van der Waals surface area contributed by atoms with Gasteiger partial charge >= 0.3 is 0 Å². The van der Waals surface area contributed by atoms with Gasteiger partial charge in [0, 0.05) is 5.69 Å². The molecule has 1 N–H and O–H groups in total. The Bertz CT molecular complexity index is 564. The molecule has 0 aliphatic carbocycles. The van der Waals surface area contributed by atoms with Gasteiger partial charge in [0.15, 0.2) is 0 Å². The van der Waals surface area contributed by atoms with E-state index in [4.69, 9.17) is 0 Å². The van der Waals surface area contributed by atoms with Crippen LogP contribution >= 0.6 is 0 Å². The first kappa shape index (κ1) is 14.6. The van der Waals surface area contributed by atoms with Crippen LogP contribution in [0.15, 0.2) is 18.2 Å². The highest BCUT2D eigenvalue weighted by molar-refractivity contribution is 6.10. The van der Waals surface area contributed by atoms with Crippen LogP contribution in [0.5, 0.6) is 0 Å². The van der Waals surface area contributed by atoms with E-state index < -0.39 is 11.6 Å². The van der Waals surface area contributed by atoms with E-state index >= 15 is 0 Å². The van der Waals surface area contributed by atoms with Crippen molar-refractivity contribution in [1.29, 1.82) is 0 Å². The molecule has 20 heavy (non-hydrogen) atoms. The first-order valence-corrected chi connectivity index (χ1v) is 7.01. The first-order chi connectivity index (χ1) is 9.27. The van der Waals surface area contributed by atoms with Crippen molar-refractivity contribution in [3.05, 3.63) is 29.3 Å². The van der Waals surface area contributed by atoms with Crippen molar-refractivity contribution < 1.29 is 9.59 Å². The summed E-state index contributed by atoms with van der Waals surface area (Å²) in [6, 6.07) is 5.55. The van der Waals surface area contributed by atoms with Crippen molar-refractivity contribution in [3.63, 3.8) is 0 Å². The van der Waals surface area contributed by atoms with Crippen molar-refractivity contribution in [2.75, 3.05) is 4.90 Å². The number of piperazine rings is 1. The summed E-state index contributed by atoms with van der Waals surface area (Å²) < 4.78 is 0. The van der Waals surface area contributed by atoms with Gasteiger partial charge in [0.25, 0.3) is 5.91 Å².